The van der Waals surface area contributed by atoms with Crippen LogP contribution >= 0.6 is 11.8 Å². The van der Waals surface area contributed by atoms with Crippen LogP contribution < -0.4 is 5.32 Å². The van der Waals surface area contributed by atoms with Crippen LogP contribution in [0.15, 0.2) is 41.7 Å². The Hall–Kier alpha value is -1.99. The maximum absolute atomic E-state index is 5.92. The van der Waals surface area contributed by atoms with E-state index in [-0.39, 0.29) is 6.10 Å². The molecule has 1 saturated heterocycles. The fourth-order valence-corrected chi connectivity index (χ4v) is 3.91. The van der Waals surface area contributed by atoms with E-state index in [0.29, 0.717) is 6.61 Å². The highest BCUT2D eigenvalue weighted by Gasteiger charge is 2.24. The van der Waals surface area contributed by atoms with Crippen LogP contribution in [0.4, 0.5) is 0 Å². The fraction of sp³-hybridized carbons (Fsp3) is 0.500. The second kappa shape index (κ2) is 9.80. The molecule has 1 aromatic heterocycles. The highest BCUT2D eigenvalue weighted by molar-refractivity contribution is 7.98. The predicted molar refractivity (Wildman–Crippen MR) is 112 cm³/mol. The summed E-state index contributed by atoms with van der Waals surface area (Å²) in [4.78, 5) is 6.73. The van der Waals surface area contributed by atoms with Crippen molar-refractivity contribution in [2.75, 3.05) is 39.0 Å². The zero-order valence-corrected chi connectivity index (χ0v) is 17.2. The van der Waals surface area contributed by atoms with Crippen LogP contribution in [0, 0.1) is 6.92 Å². The van der Waals surface area contributed by atoms with E-state index in [1.54, 1.807) is 0 Å². The lowest BCUT2D eigenvalue weighted by molar-refractivity contribution is -0.00798. The molecule has 0 amide bonds. The van der Waals surface area contributed by atoms with Gasteiger partial charge in [0.1, 0.15) is 6.10 Å². The molecule has 0 bridgehead atoms. The standard InChI is InChI=1S/C20H29N5OS/c1-16-4-6-17(7-5-16)15-27-11-8-22-20(21-2)25-9-10-26-19(14-25)18-12-23-24(3)13-18/h4-7,12-13,19H,8-11,14-15H2,1-3H3,(H,21,22). The van der Waals surface area contributed by atoms with Crippen molar-refractivity contribution >= 4 is 17.7 Å². The summed E-state index contributed by atoms with van der Waals surface area (Å²) in [5.41, 5.74) is 3.80. The lowest BCUT2D eigenvalue weighted by Gasteiger charge is -2.34. The first-order valence-electron chi connectivity index (χ1n) is 9.34. The Balaban J connectivity index is 1.42. The molecule has 2 heterocycles. The van der Waals surface area contributed by atoms with Crippen LogP contribution in [-0.4, -0.2) is 59.7 Å². The predicted octanol–water partition coefficient (Wildman–Crippen LogP) is 2.61. The van der Waals surface area contributed by atoms with Gasteiger partial charge in [0.25, 0.3) is 0 Å². The minimum atomic E-state index is 0.0434. The first-order valence-corrected chi connectivity index (χ1v) is 10.5. The van der Waals surface area contributed by atoms with Crippen LogP contribution in [0.5, 0.6) is 0 Å². The van der Waals surface area contributed by atoms with Gasteiger partial charge in [0.05, 0.1) is 19.3 Å². The van der Waals surface area contributed by atoms with Crippen molar-refractivity contribution in [2.45, 2.75) is 18.8 Å². The molecule has 0 saturated carbocycles. The van der Waals surface area contributed by atoms with Crippen molar-refractivity contribution in [2.24, 2.45) is 12.0 Å². The molecule has 7 heteroatoms. The number of aliphatic imine (C=N–C) groups is 1. The minimum absolute atomic E-state index is 0.0434. The quantitative estimate of drug-likeness (QED) is 0.469. The normalized spacial score (nSPS) is 18.0. The summed E-state index contributed by atoms with van der Waals surface area (Å²) >= 11 is 1.94. The van der Waals surface area contributed by atoms with E-state index >= 15 is 0 Å². The largest absolute Gasteiger partial charge is 0.370 e. The first kappa shape index (κ1) is 19.8. The van der Waals surface area contributed by atoms with Crippen molar-refractivity contribution < 1.29 is 4.74 Å². The van der Waals surface area contributed by atoms with Gasteiger partial charge in [-0.3, -0.25) is 9.67 Å². The van der Waals surface area contributed by atoms with Crippen molar-refractivity contribution in [3.63, 3.8) is 0 Å². The SMILES string of the molecule is CN=C(NCCSCc1ccc(C)cc1)N1CCOC(c2cnn(C)c2)C1. The zero-order valence-electron chi connectivity index (χ0n) is 16.4. The Kier molecular flexibility index (Phi) is 7.18. The summed E-state index contributed by atoms with van der Waals surface area (Å²) in [6.07, 6.45) is 3.94. The molecule has 1 atom stereocenters. The highest BCUT2D eigenvalue weighted by Crippen LogP contribution is 2.21. The number of guanidine groups is 1. The van der Waals surface area contributed by atoms with E-state index in [9.17, 15) is 0 Å². The number of morpholine rings is 1. The van der Waals surface area contributed by atoms with Crippen molar-refractivity contribution in [3.05, 3.63) is 53.3 Å². The summed E-state index contributed by atoms with van der Waals surface area (Å²) in [5, 5.41) is 7.74. The number of aromatic nitrogens is 2. The van der Waals surface area contributed by atoms with Gasteiger partial charge in [-0.2, -0.15) is 16.9 Å². The summed E-state index contributed by atoms with van der Waals surface area (Å²) in [6, 6.07) is 8.77. The number of rotatable bonds is 6. The van der Waals surface area contributed by atoms with Gasteiger partial charge in [0.2, 0.25) is 0 Å². The van der Waals surface area contributed by atoms with Gasteiger partial charge in [-0.25, -0.2) is 0 Å². The smallest absolute Gasteiger partial charge is 0.193 e. The van der Waals surface area contributed by atoms with Gasteiger partial charge >= 0.3 is 0 Å². The molecule has 1 fully saturated rings. The summed E-state index contributed by atoms with van der Waals surface area (Å²) < 4.78 is 7.74. The minimum Gasteiger partial charge on any atom is -0.370 e. The topological polar surface area (TPSA) is 54.7 Å². The molecule has 1 aliphatic heterocycles. The monoisotopic (exact) mass is 387 g/mol. The lowest BCUT2D eigenvalue weighted by atomic mass is 10.1. The number of thioether (sulfide) groups is 1. The average Bonchev–Trinajstić information content (AvgIpc) is 3.13. The van der Waals surface area contributed by atoms with Gasteiger partial charge in [-0.05, 0) is 12.5 Å². The molecule has 3 rings (SSSR count). The molecule has 146 valence electrons. The number of benzene rings is 1. The maximum atomic E-state index is 5.92. The molecule has 0 radical (unpaired) electrons. The number of ether oxygens (including phenoxy) is 1. The summed E-state index contributed by atoms with van der Waals surface area (Å²) in [7, 11) is 3.77. The Labute approximate surface area is 166 Å². The van der Waals surface area contributed by atoms with Crippen molar-refractivity contribution in [1.29, 1.82) is 0 Å². The fourth-order valence-electron chi connectivity index (χ4n) is 3.09. The Morgan fingerprint density at radius 1 is 1.37 bits per heavy atom. The van der Waals surface area contributed by atoms with E-state index < -0.39 is 0 Å². The van der Waals surface area contributed by atoms with E-state index in [1.807, 2.05) is 42.9 Å². The second-order valence-electron chi connectivity index (χ2n) is 6.76. The van der Waals surface area contributed by atoms with Crippen LogP contribution in [0.25, 0.3) is 0 Å². The number of hydrogen-bond donors (Lipinski definition) is 1. The first-order chi connectivity index (χ1) is 13.2. The van der Waals surface area contributed by atoms with Crippen LogP contribution in [0.3, 0.4) is 0 Å². The van der Waals surface area contributed by atoms with Crippen LogP contribution in [0.1, 0.15) is 22.8 Å². The number of hydrogen-bond acceptors (Lipinski definition) is 4. The number of aryl methyl sites for hydroxylation is 2. The van der Waals surface area contributed by atoms with Gasteiger partial charge < -0.3 is 15.0 Å². The summed E-state index contributed by atoms with van der Waals surface area (Å²) in [6.45, 7) is 5.37. The number of nitrogens with zero attached hydrogens (tertiary/aromatic N) is 4. The molecule has 1 N–H and O–H groups in total. The molecule has 0 aliphatic carbocycles. The number of nitrogens with one attached hydrogen (secondary N) is 1. The zero-order chi connectivity index (χ0) is 19.1. The molecule has 1 unspecified atom stereocenters. The Morgan fingerprint density at radius 3 is 2.89 bits per heavy atom. The van der Waals surface area contributed by atoms with E-state index in [4.69, 9.17) is 4.74 Å². The second-order valence-corrected chi connectivity index (χ2v) is 7.87. The molecule has 1 aromatic carbocycles. The third kappa shape index (κ3) is 5.74. The molecule has 2 aromatic rings. The third-order valence-corrected chi connectivity index (χ3v) is 5.62. The molecular weight excluding hydrogens is 358 g/mol. The molecular formula is C20H29N5OS. The van der Waals surface area contributed by atoms with Crippen molar-refractivity contribution in [1.82, 2.24) is 20.0 Å². The van der Waals surface area contributed by atoms with E-state index in [0.717, 1.165) is 42.7 Å². The van der Waals surface area contributed by atoms with Gasteiger partial charge in [0.15, 0.2) is 5.96 Å². The van der Waals surface area contributed by atoms with E-state index in [1.165, 1.54) is 11.1 Å². The third-order valence-electron chi connectivity index (χ3n) is 4.59. The molecule has 27 heavy (non-hydrogen) atoms. The average molecular weight is 388 g/mol. The van der Waals surface area contributed by atoms with E-state index in [2.05, 4.69) is 51.5 Å². The Bertz CT molecular complexity index is 743. The molecule has 6 nitrogen and oxygen atoms in total. The summed E-state index contributed by atoms with van der Waals surface area (Å²) in [5.74, 6) is 3.04. The van der Waals surface area contributed by atoms with Gasteiger partial charge in [-0.1, -0.05) is 29.8 Å². The van der Waals surface area contributed by atoms with Gasteiger partial charge in [-0.15, -0.1) is 0 Å². The van der Waals surface area contributed by atoms with Gasteiger partial charge in [0, 0.05) is 50.5 Å². The van der Waals surface area contributed by atoms with Crippen LogP contribution in [-0.2, 0) is 17.5 Å². The maximum Gasteiger partial charge on any atom is 0.193 e. The van der Waals surface area contributed by atoms with Crippen LogP contribution in [0.2, 0.25) is 0 Å². The lowest BCUT2D eigenvalue weighted by Crippen LogP contribution is -2.48. The molecule has 0 spiro atoms. The molecule has 1 aliphatic rings. The highest BCUT2D eigenvalue weighted by atomic mass is 32.2. The van der Waals surface area contributed by atoms with Crippen molar-refractivity contribution in [3.8, 4) is 0 Å². The Morgan fingerprint density at radius 2 is 2.19 bits per heavy atom.